The average molecular weight is 192 g/mol. The van der Waals surface area contributed by atoms with Gasteiger partial charge >= 0.3 is 0 Å². The molecular formula is C9H20S2. The molecule has 0 bridgehead atoms. The Kier molecular flexibility index (Phi) is 7.82. The lowest BCUT2D eigenvalue weighted by molar-refractivity contribution is 0.638. The van der Waals surface area contributed by atoms with Crippen LogP contribution in [0, 0.1) is 11.8 Å². The highest BCUT2D eigenvalue weighted by Gasteiger charge is 1.99. The van der Waals surface area contributed by atoms with Crippen molar-refractivity contribution >= 4 is 21.6 Å². The quantitative estimate of drug-likeness (QED) is 0.459. The minimum absolute atomic E-state index is 0.837. The van der Waals surface area contributed by atoms with Crippen molar-refractivity contribution in [1.82, 2.24) is 0 Å². The second-order valence-electron chi connectivity index (χ2n) is 3.48. The van der Waals surface area contributed by atoms with Crippen LogP contribution < -0.4 is 0 Å². The van der Waals surface area contributed by atoms with Gasteiger partial charge in [0.25, 0.3) is 0 Å². The van der Waals surface area contributed by atoms with E-state index in [4.69, 9.17) is 0 Å². The zero-order valence-electron chi connectivity index (χ0n) is 8.09. The molecule has 1 unspecified atom stereocenters. The van der Waals surface area contributed by atoms with Gasteiger partial charge in [0, 0.05) is 11.5 Å². The highest BCUT2D eigenvalue weighted by molar-refractivity contribution is 8.76. The van der Waals surface area contributed by atoms with E-state index in [0.717, 1.165) is 11.8 Å². The normalized spacial score (nSPS) is 13.9. The molecule has 0 amide bonds. The summed E-state index contributed by atoms with van der Waals surface area (Å²) in [5.41, 5.74) is 0. The van der Waals surface area contributed by atoms with Gasteiger partial charge in [-0.15, -0.1) is 0 Å². The van der Waals surface area contributed by atoms with Crippen LogP contribution in [0.25, 0.3) is 0 Å². The first-order valence-corrected chi connectivity index (χ1v) is 6.90. The van der Waals surface area contributed by atoms with E-state index in [1.807, 2.05) is 21.6 Å². The first-order chi connectivity index (χ1) is 5.16. The molecule has 0 aliphatic heterocycles. The van der Waals surface area contributed by atoms with Gasteiger partial charge in [-0.05, 0) is 11.8 Å². The van der Waals surface area contributed by atoms with Crippen molar-refractivity contribution in [2.24, 2.45) is 11.8 Å². The third-order valence-electron chi connectivity index (χ3n) is 1.53. The van der Waals surface area contributed by atoms with E-state index in [0.29, 0.717) is 0 Å². The number of rotatable bonds is 6. The second kappa shape index (κ2) is 7.35. The predicted molar refractivity (Wildman–Crippen MR) is 59.2 cm³/mol. The molecule has 0 aromatic carbocycles. The van der Waals surface area contributed by atoms with Crippen LogP contribution in [-0.4, -0.2) is 11.5 Å². The molecule has 11 heavy (non-hydrogen) atoms. The van der Waals surface area contributed by atoms with Crippen molar-refractivity contribution in [2.45, 2.75) is 34.1 Å². The van der Waals surface area contributed by atoms with Crippen molar-refractivity contribution in [2.75, 3.05) is 11.5 Å². The highest BCUT2D eigenvalue weighted by atomic mass is 33.1. The zero-order valence-corrected chi connectivity index (χ0v) is 9.73. The summed E-state index contributed by atoms with van der Waals surface area (Å²) in [6, 6.07) is 0. The van der Waals surface area contributed by atoms with Gasteiger partial charge in [-0.3, -0.25) is 0 Å². The minimum Gasteiger partial charge on any atom is -0.0939 e. The summed E-state index contributed by atoms with van der Waals surface area (Å²) in [5, 5.41) is 0. The maximum Gasteiger partial charge on any atom is 0.00625 e. The molecule has 0 rings (SSSR count). The van der Waals surface area contributed by atoms with E-state index in [9.17, 15) is 0 Å². The van der Waals surface area contributed by atoms with E-state index in [1.54, 1.807) is 0 Å². The molecule has 0 heterocycles. The summed E-state index contributed by atoms with van der Waals surface area (Å²) in [7, 11) is 4.05. The van der Waals surface area contributed by atoms with Crippen molar-refractivity contribution in [3.63, 3.8) is 0 Å². The van der Waals surface area contributed by atoms with Crippen molar-refractivity contribution in [3.05, 3.63) is 0 Å². The molecule has 2 heteroatoms. The molecule has 0 aromatic heterocycles. The summed E-state index contributed by atoms with van der Waals surface area (Å²) in [5.74, 6) is 4.33. The van der Waals surface area contributed by atoms with Gasteiger partial charge in [-0.2, -0.15) is 0 Å². The Morgan fingerprint density at radius 2 is 1.55 bits per heavy atom. The molecule has 0 aliphatic carbocycles. The summed E-state index contributed by atoms with van der Waals surface area (Å²) < 4.78 is 0. The summed E-state index contributed by atoms with van der Waals surface area (Å²) in [6.07, 6.45) is 1.31. The fourth-order valence-corrected chi connectivity index (χ4v) is 3.49. The Labute approximate surface area is 79.3 Å². The Morgan fingerprint density at radius 3 is 2.00 bits per heavy atom. The van der Waals surface area contributed by atoms with Crippen molar-refractivity contribution < 1.29 is 0 Å². The van der Waals surface area contributed by atoms with Crippen molar-refractivity contribution in [3.8, 4) is 0 Å². The molecule has 0 spiro atoms. The molecule has 0 saturated carbocycles. The van der Waals surface area contributed by atoms with Crippen LogP contribution in [0.1, 0.15) is 34.1 Å². The lowest BCUT2D eigenvalue weighted by atomic mass is 10.2. The van der Waals surface area contributed by atoms with E-state index < -0.39 is 0 Å². The molecule has 0 aliphatic rings. The van der Waals surface area contributed by atoms with Gasteiger partial charge < -0.3 is 0 Å². The summed E-state index contributed by atoms with van der Waals surface area (Å²) in [6.45, 7) is 9.13. The van der Waals surface area contributed by atoms with Crippen LogP contribution in [-0.2, 0) is 0 Å². The fourth-order valence-electron chi connectivity index (χ4n) is 0.466. The van der Waals surface area contributed by atoms with Crippen LogP contribution in [0.3, 0.4) is 0 Å². The van der Waals surface area contributed by atoms with Gasteiger partial charge in [-0.1, -0.05) is 55.7 Å². The first kappa shape index (κ1) is 11.7. The van der Waals surface area contributed by atoms with E-state index in [1.165, 1.54) is 17.9 Å². The third kappa shape index (κ3) is 8.61. The van der Waals surface area contributed by atoms with Crippen LogP contribution >= 0.6 is 21.6 Å². The molecule has 68 valence electrons. The van der Waals surface area contributed by atoms with Crippen LogP contribution in [0.15, 0.2) is 0 Å². The Balaban J connectivity index is 3.01. The standard InChI is InChI=1S/C9H20S2/c1-5-9(4)7-11-10-6-8(2)3/h8-9H,5-7H2,1-4H3. The van der Waals surface area contributed by atoms with Crippen LogP contribution in [0.2, 0.25) is 0 Å². The maximum atomic E-state index is 2.32. The zero-order chi connectivity index (χ0) is 8.69. The van der Waals surface area contributed by atoms with Crippen LogP contribution in [0.4, 0.5) is 0 Å². The average Bonchev–Trinajstić information content (AvgIpc) is 1.97. The lowest BCUT2D eigenvalue weighted by Gasteiger charge is -2.07. The minimum atomic E-state index is 0.837. The molecule has 0 nitrogen and oxygen atoms in total. The first-order valence-electron chi connectivity index (χ1n) is 4.41. The second-order valence-corrected chi connectivity index (χ2v) is 6.03. The Hall–Kier alpha value is 0.700. The summed E-state index contributed by atoms with van der Waals surface area (Å²) in [4.78, 5) is 0. The lowest BCUT2D eigenvalue weighted by Crippen LogP contribution is -1.95. The Bertz CT molecular complexity index is 81.6. The molecule has 0 N–H and O–H groups in total. The number of hydrogen-bond acceptors (Lipinski definition) is 2. The highest BCUT2D eigenvalue weighted by Crippen LogP contribution is 2.26. The topological polar surface area (TPSA) is 0 Å². The van der Waals surface area contributed by atoms with Gasteiger partial charge in [0.1, 0.15) is 0 Å². The monoisotopic (exact) mass is 192 g/mol. The molecule has 0 fully saturated rings. The fraction of sp³-hybridized carbons (Fsp3) is 1.00. The van der Waals surface area contributed by atoms with Gasteiger partial charge in [0.05, 0.1) is 0 Å². The SMILES string of the molecule is CCC(C)CSSCC(C)C. The van der Waals surface area contributed by atoms with Crippen molar-refractivity contribution in [1.29, 1.82) is 0 Å². The predicted octanol–water partition coefficient (Wildman–Crippen LogP) is 4.07. The third-order valence-corrected chi connectivity index (χ3v) is 4.53. The Morgan fingerprint density at radius 1 is 1.00 bits per heavy atom. The van der Waals surface area contributed by atoms with Crippen LogP contribution in [0.5, 0.6) is 0 Å². The molecule has 0 saturated heterocycles. The molecule has 0 radical (unpaired) electrons. The van der Waals surface area contributed by atoms with Gasteiger partial charge in [0.15, 0.2) is 0 Å². The molecule has 0 aromatic rings. The van der Waals surface area contributed by atoms with E-state index in [2.05, 4.69) is 27.7 Å². The van der Waals surface area contributed by atoms with Gasteiger partial charge in [0.2, 0.25) is 0 Å². The maximum absolute atomic E-state index is 2.32. The molecule has 1 atom stereocenters. The smallest absolute Gasteiger partial charge is 0.00625 e. The van der Waals surface area contributed by atoms with Gasteiger partial charge in [-0.25, -0.2) is 0 Å². The summed E-state index contributed by atoms with van der Waals surface area (Å²) >= 11 is 0. The molecular weight excluding hydrogens is 172 g/mol. The number of hydrogen-bond donors (Lipinski definition) is 0. The van der Waals surface area contributed by atoms with E-state index in [-0.39, 0.29) is 0 Å². The largest absolute Gasteiger partial charge is 0.0939 e. The van der Waals surface area contributed by atoms with E-state index >= 15 is 0 Å².